The number of hydrogen-bond donors (Lipinski definition) is 2. The summed E-state index contributed by atoms with van der Waals surface area (Å²) in [6.45, 7) is 5.63. The van der Waals surface area contributed by atoms with Crippen LogP contribution in [0.25, 0.3) is 0 Å². The number of nitrogens with one attached hydrogen (secondary N) is 1. The largest absolute Gasteiger partial charge is 0.399 e. The van der Waals surface area contributed by atoms with E-state index in [0.29, 0.717) is 39.9 Å². The summed E-state index contributed by atoms with van der Waals surface area (Å²) in [4.78, 5) is 14.3. The lowest BCUT2D eigenvalue weighted by molar-refractivity contribution is -0.117. The number of nitrogens with zero attached hydrogens (tertiary/aromatic N) is 1. The third-order valence-corrected chi connectivity index (χ3v) is 4.18. The van der Waals surface area contributed by atoms with Crippen LogP contribution in [0.4, 0.5) is 11.4 Å². The molecule has 0 aromatic heterocycles. The van der Waals surface area contributed by atoms with Crippen LogP contribution in [-0.2, 0) is 4.79 Å². The van der Waals surface area contributed by atoms with Gasteiger partial charge < -0.3 is 11.1 Å². The molecular weight excluding hydrogens is 297 g/mol. The van der Waals surface area contributed by atoms with Crippen molar-refractivity contribution in [3.8, 4) is 0 Å². The topological polar surface area (TPSA) is 58.4 Å². The van der Waals surface area contributed by atoms with Crippen LogP contribution in [-0.4, -0.2) is 29.9 Å². The monoisotopic (exact) mass is 315 g/mol. The zero-order valence-electron chi connectivity index (χ0n) is 11.6. The maximum absolute atomic E-state index is 12.1. The summed E-state index contributed by atoms with van der Waals surface area (Å²) in [5.41, 5.74) is 6.53. The molecule has 1 aliphatic heterocycles. The van der Waals surface area contributed by atoms with Gasteiger partial charge in [-0.15, -0.1) is 0 Å². The van der Waals surface area contributed by atoms with Crippen LogP contribution in [0.15, 0.2) is 12.1 Å². The van der Waals surface area contributed by atoms with Crippen molar-refractivity contribution in [1.82, 2.24) is 4.90 Å². The molecule has 6 heteroatoms. The van der Waals surface area contributed by atoms with Gasteiger partial charge in [0.25, 0.3) is 0 Å². The normalized spacial score (nSPS) is 23.0. The first-order valence-electron chi connectivity index (χ1n) is 6.65. The number of nitrogens with two attached hydrogens (primary N) is 1. The lowest BCUT2D eigenvalue weighted by Gasteiger charge is -2.20. The molecule has 1 heterocycles. The van der Waals surface area contributed by atoms with E-state index in [9.17, 15) is 4.79 Å². The number of rotatable bonds is 3. The number of anilines is 2. The highest BCUT2D eigenvalue weighted by Gasteiger charge is 2.27. The van der Waals surface area contributed by atoms with Gasteiger partial charge >= 0.3 is 0 Å². The molecule has 0 aliphatic carbocycles. The molecule has 1 fully saturated rings. The summed E-state index contributed by atoms with van der Waals surface area (Å²) in [6, 6.07) is 3.57. The van der Waals surface area contributed by atoms with Crippen molar-refractivity contribution in [3.63, 3.8) is 0 Å². The number of carbonyl (C=O) groups excluding carboxylic acids is 1. The fraction of sp³-hybridized carbons (Fsp3) is 0.500. The van der Waals surface area contributed by atoms with Crippen LogP contribution in [0.1, 0.15) is 20.3 Å². The van der Waals surface area contributed by atoms with Crippen LogP contribution in [0.2, 0.25) is 10.0 Å². The summed E-state index contributed by atoms with van der Waals surface area (Å²) in [6.07, 6.45) is 1.12. The predicted molar refractivity (Wildman–Crippen MR) is 84.3 cm³/mol. The first kappa shape index (κ1) is 15.4. The molecular formula is C14H19Cl2N3O. The molecule has 2 rings (SSSR count). The van der Waals surface area contributed by atoms with E-state index in [4.69, 9.17) is 28.9 Å². The maximum Gasteiger partial charge on any atom is 0.238 e. The third-order valence-electron chi connectivity index (χ3n) is 3.59. The second-order valence-electron chi connectivity index (χ2n) is 5.53. The van der Waals surface area contributed by atoms with Gasteiger partial charge in [-0.05, 0) is 31.4 Å². The minimum Gasteiger partial charge on any atom is -0.399 e. The van der Waals surface area contributed by atoms with Crippen molar-refractivity contribution >= 4 is 40.5 Å². The molecule has 110 valence electrons. The number of amides is 1. The van der Waals surface area contributed by atoms with Crippen LogP contribution in [0.3, 0.4) is 0 Å². The van der Waals surface area contributed by atoms with Crippen molar-refractivity contribution in [2.75, 3.05) is 24.1 Å². The molecule has 3 N–H and O–H groups in total. The Kier molecular flexibility index (Phi) is 4.78. The molecule has 2 atom stereocenters. The number of halogens is 2. The highest BCUT2D eigenvalue weighted by Crippen LogP contribution is 2.33. The number of likely N-dealkylation sites (tertiary alicyclic amines) is 1. The van der Waals surface area contributed by atoms with Crippen LogP contribution in [0.5, 0.6) is 0 Å². The van der Waals surface area contributed by atoms with Gasteiger partial charge in [-0.1, -0.05) is 30.1 Å². The lowest BCUT2D eigenvalue weighted by atomic mass is 10.1. The average molecular weight is 316 g/mol. The summed E-state index contributed by atoms with van der Waals surface area (Å²) >= 11 is 12.1. The molecule has 1 aromatic carbocycles. The molecule has 1 aromatic rings. The molecule has 0 saturated carbocycles. The van der Waals surface area contributed by atoms with Gasteiger partial charge in [0.05, 0.1) is 22.3 Å². The fourth-order valence-electron chi connectivity index (χ4n) is 2.68. The maximum atomic E-state index is 12.1. The molecule has 1 saturated heterocycles. The van der Waals surface area contributed by atoms with E-state index in [-0.39, 0.29) is 5.91 Å². The van der Waals surface area contributed by atoms with E-state index in [1.54, 1.807) is 12.1 Å². The first-order chi connectivity index (χ1) is 9.36. The molecule has 0 radical (unpaired) electrons. The summed E-state index contributed by atoms with van der Waals surface area (Å²) in [5, 5.41) is 3.47. The molecule has 1 amide bonds. The Labute approximate surface area is 129 Å². The summed E-state index contributed by atoms with van der Waals surface area (Å²) in [5.74, 6) is 0.515. The Balaban J connectivity index is 2.02. The molecule has 20 heavy (non-hydrogen) atoms. The van der Waals surface area contributed by atoms with E-state index < -0.39 is 0 Å². The number of benzene rings is 1. The highest BCUT2D eigenvalue weighted by atomic mass is 35.5. The Morgan fingerprint density at radius 2 is 2.00 bits per heavy atom. The molecule has 4 nitrogen and oxygen atoms in total. The third kappa shape index (κ3) is 3.57. The van der Waals surface area contributed by atoms with Gasteiger partial charge in [0.15, 0.2) is 0 Å². The Hall–Kier alpha value is -0.970. The van der Waals surface area contributed by atoms with E-state index >= 15 is 0 Å². The van der Waals surface area contributed by atoms with Gasteiger partial charge in [0.1, 0.15) is 0 Å². The zero-order chi connectivity index (χ0) is 14.9. The standard InChI is InChI=1S/C14H19Cl2N3O/c1-8-3-9(2)19(6-8)7-13(20)18-14-11(15)4-10(17)5-12(14)16/h4-5,8-9H,3,6-7,17H2,1-2H3,(H,18,20). The zero-order valence-corrected chi connectivity index (χ0v) is 13.1. The Morgan fingerprint density at radius 1 is 1.40 bits per heavy atom. The van der Waals surface area contributed by atoms with E-state index in [1.165, 1.54) is 0 Å². The van der Waals surface area contributed by atoms with Gasteiger partial charge in [-0.25, -0.2) is 0 Å². The van der Waals surface area contributed by atoms with Gasteiger partial charge in [0.2, 0.25) is 5.91 Å². The van der Waals surface area contributed by atoms with Gasteiger partial charge in [-0.2, -0.15) is 0 Å². The van der Waals surface area contributed by atoms with Crippen molar-refractivity contribution in [3.05, 3.63) is 22.2 Å². The van der Waals surface area contributed by atoms with E-state index in [1.807, 2.05) is 0 Å². The van der Waals surface area contributed by atoms with Gasteiger partial charge in [0, 0.05) is 18.3 Å². The molecule has 0 bridgehead atoms. The molecule has 1 aliphatic rings. The number of hydrogen-bond acceptors (Lipinski definition) is 3. The smallest absolute Gasteiger partial charge is 0.238 e. The van der Waals surface area contributed by atoms with E-state index in [2.05, 4.69) is 24.1 Å². The van der Waals surface area contributed by atoms with Crippen molar-refractivity contribution in [2.45, 2.75) is 26.3 Å². The van der Waals surface area contributed by atoms with Crippen molar-refractivity contribution in [2.24, 2.45) is 5.92 Å². The molecule has 2 unspecified atom stereocenters. The first-order valence-corrected chi connectivity index (χ1v) is 7.41. The predicted octanol–water partition coefficient (Wildman–Crippen LogP) is 3.24. The average Bonchev–Trinajstić information content (AvgIpc) is 2.62. The quantitative estimate of drug-likeness (QED) is 0.842. The SMILES string of the molecule is CC1CC(C)N(CC(=O)Nc2c(Cl)cc(N)cc2Cl)C1. The van der Waals surface area contributed by atoms with Crippen LogP contribution < -0.4 is 11.1 Å². The second-order valence-corrected chi connectivity index (χ2v) is 6.34. The summed E-state index contributed by atoms with van der Waals surface area (Å²) < 4.78 is 0. The second kappa shape index (κ2) is 6.20. The Bertz CT molecular complexity index is 498. The number of carbonyl (C=O) groups is 1. The van der Waals surface area contributed by atoms with Crippen molar-refractivity contribution < 1.29 is 4.79 Å². The number of nitrogen functional groups attached to an aromatic ring is 1. The summed E-state index contributed by atoms with van der Waals surface area (Å²) in [7, 11) is 0. The van der Waals surface area contributed by atoms with Crippen LogP contribution >= 0.6 is 23.2 Å². The van der Waals surface area contributed by atoms with Gasteiger partial charge in [-0.3, -0.25) is 9.69 Å². The van der Waals surface area contributed by atoms with Crippen molar-refractivity contribution in [1.29, 1.82) is 0 Å². The van der Waals surface area contributed by atoms with Crippen LogP contribution in [0, 0.1) is 5.92 Å². The lowest BCUT2D eigenvalue weighted by Crippen LogP contribution is -2.35. The fourth-order valence-corrected chi connectivity index (χ4v) is 3.28. The Morgan fingerprint density at radius 3 is 2.50 bits per heavy atom. The highest BCUT2D eigenvalue weighted by molar-refractivity contribution is 6.40. The molecule has 0 spiro atoms. The minimum atomic E-state index is -0.112. The van der Waals surface area contributed by atoms with E-state index in [0.717, 1.165) is 13.0 Å². The minimum absolute atomic E-state index is 0.112.